The highest BCUT2D eigenvalue weighted by atomic mass is 16.5. The summed E-state index contributed by atoms with van der Waals surface area (Å²) in [5, 5.41) is 10.6. The van der Waals surface area contributed by atoms with Crippen LogP contribution in [0.1, 0.15) is 25.2 Å². The molecule has 0 radical (unpaired) electrons. The molecule has 0 spiro atoms. The number of ether oxygens (including phenoxy) is 1. The van der Waals surface area contributed by atoms with E-state index in [2.05, 4.69) is 15.5 Å². The molecule has 112 valence electrons. The van der Waals surface area contributed by atoms with E-state index in [-0.39, 0.29) is 5.91 Å². The van der Waals surface area contributed by atoms with Crippen molar-refractivity contribution in [3.05, 3.63) is 48.0 Å². The number of aromatic nitrogens is 3. The molecule has 0 saturated carbocycles. The highest BCUT2D eigenvalue weighted by Gasteiger charge is 2.14. The van der Waals surface area contributed by atoms with Crippen molar-refractivity contribution in [3.63, 3.8) is 0 Å². The molecular weight excluding hydrogens is 268 g/mol. The van der Waals surface area contributed by atoms with Gasteiger partial charge in [0.2, 0.25) is 5.91 Å². The van der Waals surface area contributed by atoms with Gasteiger partial charge in [-0.15, -0.1) is 10.2 Å². The Morgan fingerprint density at radius 1 is 1.38 bits per heavy atom. The third-order valence-corrected chi connectivity index (χ3v) is 3.17. The van der Waals surface area contributed by atoms with Gasteiger partial charge in [0.25, 0.3) is 0 Å². The monoisotopic (exact) mass is 288 g/mol. The fourth-order valence-electron chi connectivity index (χ4n) is 1.86. The number of nitrogens with one attached hydrogen (secondary N) is 1. The van der Waals surface area contributed by atoms with Crippen LogP contribution in [0.3, 0.4) is 0 Å². The van der Waals surface area contributed by atoms with E-state index >= 15 is 0 Å². The molecule has 1 aromatic carbocycles. The number of aryl methyl sites for hydroxylation is 1. The molecular formula is C15H20N4O2. The van der Waals surface area contributed by atoms with Crippen LogP contribution in [0, 0.1) is 0 Å². The summed E-state index contributed by atoms with van der Waals surface area (Å²) in [7, 11) is 0. The molecule has 1 aromatic heterocycles. The Kier molecular flexibility index (Phi) is 5.45. The largest absolute Gasteiger partial charge is 0.364 e. The maximum Gasteiger partial charge on any atom is 0.249 e. The first-order chi connectivity index (χ1) is 10.2. The lowest BCUT2D eigenvalue weighted by Gasteiger charge is -2.13. The van der Waals surface area contributed by atoms with E-state index in [1.54, 1.807) is 13.3 Å². The van der Waals surface area contributed by atoms with E-state index < -0.39 is 6.10 Å². The zero-order valence-corrected chi connectivity index (χ0v) is 12.3. The summed E-state index contributed by atoms with van der Waals surface area (Å²) in [6, 6.07) is 9.77. The lowest BCUT2D eigenvalue weighted by molar-refractivity contribution is -0.132. The molecule has 0 aliphatic rings. The molecule has 1 N–H and O–H groups in total. The minimum Gasteiger partial charge on any atom is -0.364 e. The van der Waals surface area contributed by atoms with Crippen molar-refractivity contribution >= 4 is 5.91 Å². The summed E-state index contributed by atoms with van der Waals surface area (Å²) in [6.45, 7) is 5.29. The van der Waals surface area contributed by atoms with Crippen LogP contribution in [0.4, 0.5) is 0 Å². The van der Waals surface area contributed by atoms with Gasteiger partial charge in [-0.3, -0.25) is 4.79 Å². The predicted molar refractivity (Wildman–Crippen MR) is 78.2 cm³/mol. The number of rotatable bonds is 7. The average molecular weight is 288 g/mol. The summed E-state index contributed by atoms with van der Waals surface area (Å²) in [5.41, 5.74) is 1.04. The topological polar surface area (TPSA) is 69.0 Å². The number of benzene rings is 1. The molecule has 1 atom stereocenters. The van der Waals surface area contributed by atoms with Gasteiger partial charge in [-0.25, -0.2) is 0 Å². The van der Waals surface area contributed by atoms with Gasteiger partial charge < -0.3 is 14.6 Å². The van der Waals surface area contributed by atoms with Crippen molar-refractivity contribution in [3.8, 4) is 0 Å². The predicted octanol–water partition coefficient (Wildman–Crippen LogP) is 1.52. The molecule has 1 heterocycles. The van der Waals surface area contributed by atoms with E-state index in [9.17, 15) is 4.79 Å². The van der Waals surface area contributed by atoms with Crippen LogP contribution in [-0.4, -0.2) is 26.8 Å². The molecule has 2 rings (SSSR count). The van der Waals surface area contributed by atoms with Crippen molar-refractivity contribution in [1.29, 1.82) is 0 Å². The Morgan fingerprint density at radius 3 is 2.86 bits per heavy atom. The van der Waals surface area contributed by atoms with Gasteiger partial charge in [-0.05, 0) is 19.4 Å². The summed E-state index contributed by atoms with van der Waals surface area (Å²) >= 11 is 0. The van der Waals surface area contributed by atoms with Gasteiger partial charge in [0.15, 0.2) is 5.82 Å². The van der Waals surface area contributed by atoms with Crippen molar-refractivity contribution < 1.29 is 9.53 Å². The van der Waals surface area contributed by atoms with Crippen LogP contribution >= 0.6 is 0 Å². The molecule has 0 aliphatic heterocycles. The summed E-state index contributed by atoms with van der Waals surface area (Å²) in [6.07, 6.45) is 1.14. The van der Waals surface area contributed by atoms with Crippen LogP contribution in [0.25, 0.3) is 0 Å². The van der Waals surface area contributed by atoms with E-state index in [0.29, 0.717) is 13.2 Å². The fraction of sp³-hybridized carbons (Fsp3) is 0.400. The van der Waals surface area contributed by atoms with E-state index in [1.165, 1.54) is 0 Å². The standard InChI is InChI=1S/C15H20N4O2/c1-3-19-11-17-18-14(19)9-16-15(20)12(2)21-10-13-7-5-4-6-8-13/h4-8,11-12H,3,9-10H2,1-2H3,(H,16,20). The molecule has 6 nitrogen and oxygen atoms in total. The van der Waals surface area contributed by atoms with Gasteiger partial charge in [0, 0.05) is 6.54 Å². The smallest absolute Gasteiger partial charge is 0.249 e. The Hall–Kier alpha value is -2.21. The van der Waals surface area contributed by atoms with Crippen molar-refractivity contribution in [2.75, 3.05) is 0 Å². The van der Waals surface area contributed by atoms with Crippen LogP contribution in [-0.2, 0) is 29.2 Å². The number of amides is 1. The Balaban J connectivity index is 1.77. The molecule has 21 heavy (non-hydrogen) atoms. The fourth-order valence-corrected chi connectivity index (χ4v) is 1.86. The van der Waals surface area contributed by atoms with Crippen molar-refractivity contribution in [2.24, 2.45) is 0 Å². The second-order valence-corrected chi connectivity index (χ2v) is 4.69. The normalized spacial score (nSPS) is 12.1. The van der Waals surface area contributed by atoms with Gasteiger partial charge in [0.05, 0.1) is 13.2 Å². The lowest BCUT2D eigenvalue weighted by Crippen LogP contribution is -2.34. The Bertz CT molecular complexity index is 568. The minimum atomic E-state index is -0.511. The summed E-state index contributed by atoms with van der Waals surface area (Å²) in [4.78, 5) is 12.0. The Morgan fingerprint density at radius 2 is 2.14 bits per heavy atom. The summed E-state index contributed by atoms with van der Waals surface area (Å²) < 4.78 is 7.45. The van der Waals surface area contributed by atoms with Crippen LogP contribution < -0.4 is 5.32 Å². The lowest BCUT2D eigenvalue weighted by atomic mass is 10.2. The number of nitrogens with zero attached hydrogens (tertiary/aromatic N) is 3. The van der Waals surface area contributed by atoms with Gasteiger partial charge >= 0.3 is 0 Å². The van der Waals surface area contributed by atoms with E-state index in [0.717, 1.165) is 17.9 Å². The first-order valence-electron chi connectivity index (χ1n) is 7.00. The van der Waals surface area contributed by atoms with Gasteiger partial charge in [0.1, 0.15) is 12.4 Å². The molecule has 0 fully saturated rings. The molecule has 6 heteroatoms. The van der Waals surface area contributed by atoms with E-state index in [4.69, 9.17) is 4.74 Å². The van der Waals surface area contributed by atoms with Crippen molar-refractivity contribution in [2.45, 2.75) is 39.6 Å². The molecule has 2 aromatic rings. The molecule has 0 saturated heterocycles. The molecule has 0 bridgehead atoms. The first kappa shape index (κ1) is 15.2. The number of hydrogen-bond acceptors (Lipinski definition) is 4. The van der Waals surface area contributed by atoms with E-state index in [1.807, 2.05) is 41.8 Å². The number of carbonyl (C=O) groups excluding carboxylic acids is 1. The zero-order valence-electron chi connectivity index (χ0n) is 12.3. The minimum absolute atomic E-state index is 0.156. The summed E-state index contributed by atoms with van der Waals surface area (Å²) in [5.74, 6) is 0.581. The quantitative estimate of drug-likeness (QED) is 0.838. The third kappa shape index (κ3) is 4.39. The third-order valence-electron chi connectivity index (χ3n) is 3.17. The number of carbonyl (C=O) groups is 1. The van der Waals surface area contributed by atoms with Gasteiger partial charge in [-0.2, -0.15) is 0 Å². The second kappa shape index (κ2) is 7.54. The maximum atomic E-state index is 12.0. The maximum absolute atomic E-state index is 12.0. The number of hydrogen-bond donors (Lipinski definition) is 1. The van der Waals surface area contributed by atoms with Gasteiger partial charge in [-0.1, -0.05) is 30.3 Å². The molecule has 0 aliphatic carbocycles. The highest BCUT2D eigenvalue weighted by molar-refractivity contribution is 5.80. The van der Waals surface area contributed by atoms with Crippen molar-refractivity contribution in [1.82, 2.24) is 20.1 Å². The second-order valence-electron chi connectivity index (χ2n) is 4.69. The molecule has 1 unspecified atom stereocenters. The Labute approximate surface area is 124 Å². The average Bonchev–Trinajstić information content (AvgIpc) is 2.98. The van der Waals surface area contributed by atoms with Crippen LogP contribution in [0.15, 0.2) is 36.7 Å². The highest BCUT2D eigenvalue weighted by Crippen LogP contribution is 2.03. The van der Waals surface area contributed by atoms with Crippen LogP contribution in [0.5, 0.6) is 0 Å². The SMILES string of the molecule is CCn1cnnc1CNC(=O)C(C)OCc1ccccc1. The molecule has 1 amide bonds. The zero-order chi connectivity index (χ0) is 15.1. The first-order valence-corrected chi connectivity index (χ1v) is 7.00. The van der Waals surface area contributed by atoms with Crippen LogP contribution in [0.2, 0.25) is 0 Å².